The Bertz CT molecular complexity index is 871. The average Bonchev–Trinajstić information content (AvgIpc) is 2.55. The molecule has 0 aromatic heterocycles. The monoisotopic (exact) mass is 372 g/mol. The molecule has 2 N–H and O–H groups in total. The van der Waals surface area contributed by atoms with Crippen LogP contribution in [0.2, 0.25) is 0 Å². The molecule has 1 atom stereocenters. The van der Waals surface area contributed by atoms with Crippen molar-refractivity contribution in [3.63, 3.8) is 0 Å². The van der Waals surface area contributed by atoms with E-state index < -0.39 is 39.4 Å². The third kappa shape index (κ3) is 4.80. The zero-order valence-electron chi connectivity index (χ0n) is 13.1. The van der Waals surface area contributed by atoms with Gasteiger partial charge in [0.15, 0.2) is 0 Å². The van der Waals surface area contributed by atoms with E-state index in [1.165, 1.54) is 0 Å². The summed E-state index contributed by atoms with van der Waals surface area (Å²) in [5.41, 5.74) is -0.272. The predicted molar refractivity (Wildman–Crippen MR) is 85.8 cm³/mol. The number of hydrogen-bond donors (Lipinski definition) is 2. The lowest BCUT2D eigenvalue weighted by Crippen LogP contribution is -2.43. The Morgan fingerprint density at radius 2 is 1.64 bits per heavy atom. The number of nitrogens with one attached hydrogen (secondary N) is 2. The van der Waals surface area contributed by atoms with Crippen molar-refractivity contribution in [2.75, 3.05) is 5.32 Å². The number of benzene rings is 2. The van der Waals surface area contributed by atoms with Gasteiger partial charge in [0.25, 0.3) is 0 Å². The van der Waals surface area contributed by atoms with E-state index in [-0.39, 0.29) is 17.0 Å². The van der Waals surface area contributed by atoms with Crippen molar-refractivity contribution in [2.24, 2.45) is 0 Å². The first-order valence-electron chi connectivity index (χ1n) is 7.26. The summed E-state index contributed by atoms with van der Waals surface area (Å²) in [6.45, 7) is 1.55. The first-order valence-corrected chi connectivity index (χ1v) is 8.75. The fourth-order valence-electron chi connectivity index (χ4n) is 2.00. The van der Waals surface area contributed by atoms with Crippen LogP contribution in [0.1, 0.15) is 13.3 Å². The lowest BCUT2D eigenvalue weighted by Gasteiger charge is -2.17. The van der Waals surface area contributed by atoms with E-state index in [0.29, 0.717) is 6.07 Å². The zero-order valence-corrected chi connectivity index (χ0v) is 13.9. The summed E-state index contributed by atoms with van der Waals surface area (Å²) in [5, 5.41) is 2.20. The van der Waals surface area contributed by atoms with Gasteiger partial charge in [-0.15, -0.1) is 0 Å². The Balaban J connectivity index is 2.15. The Hall–Kier alpha value is -2.39. The van der Waals surface area contributed by atoms with E-state index in [9.17, 15) is 26.4 Å². The number of sulfonamides is 1. The quantitative estimate of drug-likeness (QED) is 0.819. The zero-order chi connectivity index (χ0) is 18.6. The van der Waals surface area contributed by atoms with Crippen LogP contribution < -0.4 is 10.0 Å². The fraction of sp³-hybridized carbons (Fsp3) is 0.188. The molecular weight excluding hydrogens is 357 g/mol. The van der Waals surface area contributed by atoms with Gasteiger partial charge in [-0.1, -0.05) is 6.92 Å². The molecule has 0 saturated carbocycles. The van der Waals surface area contributed by atoms with Crippen LogP contribution in [-0.4, -0.2) is 20.4 Å². The standard InChI is InChI=1S/C16H15F3N2O3S/c1-2-14(16(22)20-15-8-5-11(18)9-13(15)19)21-25(23,24)12-6-3-10(17)4-7-12/h3-9,14,21H,2H2,1H3,(H,20,22). The normalized spacial score (nSPS) is 12.6. The summed E-state index contributed by atoms with van der Waals surface area (Å²) in [6, 6.07) is 5.46. The third-order valence-corrected chi connectivity index (χ3v) is 4.82. The summed E-state index contributed by atoms with van der Waals surface area (Å²) in [7, 11) is -4.07. The lowest BCUT2D eigenvalue weighted by atomic mass is 10.2. The van der Waals surface area contributed by atoms with Crippen molar-refractivity contribution < 1.29 is 26.4 Å². The molecule has 134 valence electrons. The molecule has 0 heterocycles. The van der Waals surface area contributed by atoms with E-state index in [1.807, 2.05) is 0 Å². The van der Waals surface area contributed by atoms with Gasteiger partial charge in [-0.3, -0.25) is 4.79 Å². The highest BCUT2D eigenvalue weighted by molar-refractivity contribution is 7.89. The Kier molecular flexibility index (Phi) is 5.81. The highest BCUT2D eigenvalue weighted by Crippen LogP contribution is 2.16. The van der Waals surface area contributed by atoms with Gasteiger partial charge in [-0.2, -0.15) is 4.72 Å². The SMILES string of the molecule is CCC(NS(=O)(=O)c1ccc(F)cc1)C(=O)Nc1ccc(F)cc1F. The maximum absolute atomic E-state index is 13.6. The van der Waals surface area contributed by atoms with Gasteiger partial charge in [0.1, 0.15) is 23.5 Å². The number of anilines is 1. The second-order valence-corrected chi connectivity index (χ2v) is 6.86. The summed E-state index contributed by atoms with van der Waals surface area (Å²) in [4.78, 5) is 12.0. The molecule has 0 saturated heterocycles. The van der Waals surface area contributed by atoms with Crippen molar-refractivity contribution >= 4 is 21.6 Å². The summed E-state index contributed by atoms with van der Waals surface area (Å²) in [6.07, 6.45) is 0.0784. The van der Waals surface area contributed by atoms with Crippen LogP contribution in [0.25, 0.3) is 0 Å². The molecule has 1 amide bonds. The molecule has 9 heteroatoms. The number of hydrogen-bond acceptors (Lipinski definition) is 3. The van der Waals surface area contributed by atoms with Crippen LogP contribution >= 0.6 is 0 Å². The highest BCUT2D eigenvalue weighted by Gasteiger charge is 2.25. The minimum absolute atomic E-state index is 0.0784. The van der Waals surface area contributed by atoms with Crippen molar-refractivity contribution in [2.45, 2.75) is 24.3 Å². The second-order valence-electron chi connectivity index (χ2n) is 5.15. The van der Waals surface area contributed by atoms with Gasteiger partial charge < -0.3 is 5.32 Å². The first kappa shape index (κ1) is 18.9. The molecule has 0 aliphatic heterocycles. The van der Waals surface area contributed by atoms with E-state index in [4.69, 9.17) is 0 Å². The molecule has 0 aliphatic carbocycles. The number of carbonyl (C=O) groups is 1. The Labute approximate surface area is 142 Å². The molecule has 2 aromatic carbocycles. The highest BCUT2D eigenvalue weighted by atomic mass is 32.2. The summed E-state index contributed by atoms with van der Waals surface area (Å²) >= 11 is 0. The Morgan fingerprint density at radius 1 is 1.04 bits per heavy atom. The topological polar surface area (TPSA) is 75.3 Å². The second kappa shape index (κ2) is 7.66. The maximum atomic E-state index is 13.6. The molecule has 2 aromatic rings. The van der Waals surface area contributed by atoms with Crippen molar-refractivity contribution in [1.29, 1.82) is 0 Å². The molecule has 0 fully saturated rings. The summed E-state index contributed by atoms with van der Waals surface area (Å²) < 4.78 is 66.0. The molecule has 1 unspecified atom stereocenters. The van der Waals surface area contributed by atoms with Crippen LogP contribution in [0.4, 0.5) is 18.9 Å². The molecule has 0 spiro atoms. The summed E-state index contributed by atoms with van der Waals surface area (Å²) in [5.74, 6) is -3.20. The van der Waals surface area contributed by atoms with Crippen LogP contribution in [0.15, 0.2) is 47.4 Å². The van der Waals surface area contributed by atoms with Crippen LogP contribution in [0, 0.1) is 17.5 Å². The van der Waals surface area contributed by atoms with Crippen LogP contribution in [-0.2, 0) is 14.8 Å². The van der Waals surface area contributed by atoms with E-state index >= 15 is 0 Å². The van der Waals surface area contributed by atoms with Crippen LogP contribution in [0.3, 0.4) is 0 Å². The predicted octanol–water partition coefficient (Wildman–Crippen LogP) is 2.80. The smallest absolute Gasteiger partial charge is 0.242 e. The molecule has 2 rings (SSSR count). The largest absolute Gasteiger partial charge is 0.322 e. The molecule has 0 aliphatic rings. The fourth-order valence-corrected chi connectivity index (χ4v) is 3.28. The molecule has 25 heavy (non-hydrogen) atoms. The van der Waals surface area contributed by atoms with Crippen molar-refractivity contribution in [3.05, 3.63) is 59.9 Å². The van der Waals surface area contributed by atoms with Gasteiger partial charge in [0.2, 0.25) is 15.9 Å². The van der Waals surface area contributed by atoms with Gasteiger partial charge in [-0.25, -0.2) is 21.6 Å². The minimum Gasteiger partial charge on any atom is -0.322 e. The van der Waals surface area contributed by atoms with E-state index in [1.54, 1.807) is 6.92 Å². The minimum atomic E-state index is -4.07. The number of carbonyl (C=O) groups excluding carboxylic acids is 1. The molecule has 0 radical (unpaired) electrons. The average molecular weight is 372 g/mol. The lowest BCUT2D eigenvalue weighted by molar-refractivity contribution is -0.117. The van der Waals surface area contributed by atoms with Gasteiger partial charge in [0.05, 0.1) is 10.6 Å². The number of rotatable bonds is 6. The molecular formula is C16H15F3N2O3S. The maximum Gasteiger partial charge on any atom is 0.242 e. The van der Waals surface area contributed by atoms with Crippen molar-refractivity contribution in [1.82, 2.24) is 4.72 Å². The Morgan fingerprint density at radius 3 is 2.20 bits per heavy atom. The van der Waals surface area contributed by atoms with Crippen LogP contribution in [0.5, 0.6) is 0 Å². The van der Waals surface area contributed by atoms with Gasteiger partial charge >= 0.3 is 0 Å². The third-order valence-electron chi connectivity index (χ3n) is 3.34. The van der Waals surface area contributed by atoms with Gasteiger partial charge in [-0.05, 0) is 42.8 Å². The number of amides is 1. The first-order chi connectivity index (χ1) is 11.7. The van der Waals surface area contributed by atoms with Gasteiger partial charge in [0, 0.05) is 6.07 Å². The van der Waals surface area contributed by atoms with E-state index in [0.717, 1.165) is 36.4 Å². The molecule has 0 bridgehead atoms. The number of halogens is 3. The van der Waals surface area contributed by atoms with E-state index in [2.05, 4.69) is 10.0 Å². The molecule has 5 nitrogen and oxygen atoms in total. The van der Waals surface area contributed by atoms with Crippen molar-refractivity contribution in [3.8, 4) is 0 Å².